The number of benzene rings is 1. The van der Waals surface area contributed by atoms with Gasteiger partial charge in [0.15, 0.2) is 11.5 Å². The molecule has 0 aromatic heterocycles. The Morgan fingerprint density at radius 1 is 1.13 bits per heavy atom. The molecule has 6 heteroatoms. The largest absolute Gasteiger partial charge is 0.550 e. The van der Waals surface area contributed by atoms with Gasteiger partial charge in [-0.3, -0.25) is 4.79 Å². The Morgan fingerprint density at radius 3 is 2.39 bits per heavy atom. The molecule has 124 valence electrons. The summed E-state index contributed by atoms with van der Waals surface area (Å²) in [5.41, 5.74) is 0.840. The van der Waals surface area contributed by atoms with Gasteiger partial charge in [-0.2, -0.15) is 0 Å². The second-order valence-electron chi connectivity index (χ2n) is 5.38. The highest BCUT2D eigenvalue weighted by Gasteiger charge is 2.29. The molecule has 6 nitrogen and oxygen atoms in total. The molecule has 1 aromatic carbocycles. The van der Waals surface area contributed by atoms with Gasteiger partial charge in [-0.25, -0.2) is 0 Å². The maximum absolute atomic E-state index is 12.3. The molecule has 1 amide bonds. The maximum Gasteiger partial charge on any atom is 0.224 e. The Balaban J connectivity index is 2.01. The van der Waals surface area contributed by atoms with Crippen LogP contribution in [0, 0.1) is 11.8 Å². The monoisotopic (exact) mass is 318 g/mol. The number of allylic oxidation sites excluding steroid dienone is 2. The van der Waals surface area contributed by atoms with E-state index in [0.717, 1.165) is 5.56 Å². The first-order chi connectivity index (χ1) is 11.1. The van der Waals surface area contributed by atoms with E-state index in [4.69, 9.17) is 9.47 Å². The number of carboxylic acid groups (broad SMARTS) is 1. The first-order valence-corrected chi connectivity index (χ1v) is 7.41. The van der Waals surface area contributed by atoms with Gasteiger partial charge in [-0.1, -0.05) is 18.2 Å². The molecule has 23 heavy (non-hydrogen) atoms. The number of aliphatic carboxylic acids is 1. The molecule has 0 heterocycles. The molecule has 0 bridgehead atoms. The normalized spacial score (nSPS) is 19.9. The fraction of sp³-hybridized carbons (Fsp3) is 0.412. The van der Waals surface area contributed by atoms with E-state index in [9.17, 15) is 14.7 Å². The van der Waals surface area contributed by atoms with E-state index in [0.29, 0.717) is 30.9 Å². The first-order valence-electron chi connectivity index (χ1n) is 7.41. The van der Waals surface area contributed by atoms with E-state index in [2.05, 4.69) is 5.32 Å². The molecule has 1 aliphatic rings. The molecule has 0 unspecified atom stereocenters. The third-order valence-corrected chi connectivity index (χ3v) is 3.99. The number of hydrogen-bond acceptors (Lipinski definition) is 5. The van der Waals surface area contributed by atoms with E-state index >= 15 is 0 Å². The van der Waals surface area contributed by atoms with Crippen LogP contribution in [0.1, 0.15) is 18.4 Å². The molecule has 2 rings (SSSR count). The molecule has 0 aliphatic heterocycles. The van der Waals surface area contributed by atoms with Crippen LogP contribution in [0.15, 0.2) is 30.4 Å². The van der Waals surface area contributed by atoms with Crippen molar-refractivity contribution in [2.45, 2.75) is 19.4 Å². The summed E-state index contributed by atoms with van der Waals surface area (Å²) in [5, 5.41) is 13.9. The van der Waals surface area contributed by atoms with Gasteiger partial charge in [0.25, 0.3) is 0 Å². The van der Waals surface area contributed by atoms with Crippen molar-refractivity contribution in [3.63, 3.8) is 0 Å². The average molecular weight is 318 g/mol. The number of ether oxygens (including phenoxy) is 2. The quantitative estimate of drug-likeness (QED) is 0.778. The second kappa shape index (κ2) is 7.67. The third-order valence-electron chi connectivity index (χ3n) is 3.99. The zero-order valence-corrected chi connectivity index (χ0v) is 13.2. The fourth-order valence-electron chi connectivity index (χ4n) is 2.68. The van der Waals surface area contributed by atoms with Gasteiger partial charge in [-0.15, -0.1) is 0 Å². The van der Waals surface area contributed by atoms with Gasteiger partial charge in [-0.05, 0) is 30.5 Å². The summed E-state index contributed by atoms with van der Waals surface area (Å²) in [7, 11) is 3.09. The van der Waals surface area contributed by atoms with E-state index in [1.807, 2.05) is 12.1 Å². The number of methoxy groups -OCH3 is 2. The van der Waals surface area contributed by atoms with Crippen LogP contribution in [0.4, 0.5) is 0 Å². The van der Waals surface area contributed by atoms with Crippen LogP contribution >= 0.6 is 0 Å². The molecular weight excluding hydrogens is 298 g/mol. The van der Waals surface area contributed by atoms with Crippen molar-refractivity contribution in [2.24, 2.45) is 11.8 Å². The number of carbonyl (C=O) groups is 2. The number of nitrogens with one attached hydrogen (secondary N) is 1. The summed E-state index contributed by atoms with van der Waals surface area (Å²) in [4.78, 5) is 23.4. The van der Waals surface area contributed by atoms with Crippen LogP contribution in [0.25, 0.3) is 0 Å². The minimum Gasteiger partial charge on any atom is -0.550 e. The molecule has 0 radical (unpaired) electrons. The third kappa shape index (κ3) is 4.03. The van der Waals surface area contributed by atoms with Gasteiger partial charge in [0, 0.05) is 24.3 Å². The molecule has 1 aliphatic carbocycles. The van der Waals surface area contributed by atoms with Gasteiger partial charge in [0.2, 0.25) is 5.91 Å². The smallest absolute Gasteiger partial charge is 0.224 e. The SMILES string of the molecule is COc1ccc(CNC(=O)[C@H]2CC=CC[C@H]2C(=O)[O-])cc1OC. The lowest BCUT2D eigenvalue weighted by Gasteiger charge is -2.28. The van der Waals surface area contributed by atoms with Crippen molar-refractivity contribution in [2.75, 3.05) is 14.2 Å². The minimum absolute atomic E-state index is 0.279. The Morgan fingerprint density at radius 2 is 1.78 bits per heavy atom. The van der Waals surface area contributed by atoms with Crippen LogP contribution < -0.4 is 19.9 Å². The molecule has 0 saturated carbocycles. The molecule has 0 fully saturated rings. The summed E-state index contributed by atoms with van der Waals surface area (Å²) in [6, 6.07) is 5.35. The summed E-state index contributed by atoms with van der Waals surface area (Å²) < 4.78 is 10.4. The van der Waals surface area contributed by atoms with Crippen molar-refractivity contribution in [1.82, 2.24) is 5.32 Å². The predicted molar refractivity (Wildman–Crippen MR) is 81.8 cm³/mol. The van der Waals surface area contributed by atoms with Gasteiger partial charge in [0.1, 0.15) is 0 Å². The number of carboxylic acids is 1. The number of hydrogen-bond donors (Lipinski definition) is 1. The molecule has 0 spiro atoms. The highest BCUT2D eigenvalue weighted by Crippen LogP contribution is 2.28. The Labute approximate surface area is 135 Å². The van der Waals surface area contributed by atoms with Crippen molar-refractivity contribution >= 4 is 11.9 Å². The molecule has 1 aromatic rings. The summed E-state index contributed by atoms with van der Waals surface area (Å²) in [5.74, 6) is -1.64. The molecule has 0 saturated heterocycles. The lowest BCUT2D eigenvalue weighted by molar-refractivity contribution is -0.313. The zero-order chi connectivity index (χ0) is 16.8. The second-order valence-corrected chi connectivity index (χ2v) is 5.38. The summed E-state index contributed by atoms with van der Waals surface area (Å²) >= 11 is 0. The fourth-order valence-corrected chi connectivity index (χ4v) is 2.68. The zero-order valence-electron chi connectivity index (χ0n) is 13.2. The van der Waals surface area contributed by atoms with Crippen LogP contribution in [0.3, 0.4) is 0 Å². The Kier molecular flexibility index (Phi) is 5.62. The number of carbonyl (C=O) groups excluding carboxylic acids is 2. The van der Waals surface area contributed by atoms with Crippen LogP contribution in [-0.2, 0) is 16.1 Å². The highest BCUT2D eigenvalue weighted by molar-refractivity contribution is 5.84. The molecular formula is C17H20NO5-. The number of amides is 1. The lowest BCUT2D eigenvalue weighted by Crippen LogP contribution is -2.43. The van der Waals surface area contributed by atoms with Gasteiger partial charge in [0.05, 0.1) is 14.2 Å². The van der Waals surface area contributed by atoms with Crippen molar-refractivity contribution in [3.8, 4) is 11.5 Å². The Hall–Kier alpha value is -2.50. The topological polar surface area (TPSA) is 87.7 Å². The highest BCUT2D eigenvalue weighted by atomic mass is 16.5. The van der Waals surface area contributed by atoms with Crippen molar-refractivity contribution < 1.29 is 24.2 Å². The van der Waals surface area contributed by atoms with E-state index in [-0.39, 0.29) is 5.91 Å². The van der Waals surface area contributed by atoms with Gasteiger partial charge < -0.3 is 24.7 Å². The van der Waals surface area contributed by atoms with Crippen molar-refractivity contribution in [3.05, 3.63) is 35.9 Å². The lowest BCUT2D eigenvalue weighted by atomic mass is 9.82. The molecule has 1 N–H and O–H groups in total. The Bertz CT molecular complexity index is 611. The number of rotatable bonds is 6. The first kappa shape index (κ1) is 16.9. The average Bonchev–Trinajstić information content (AvgIpc) is 2.59. The van der Waals surface area contributed by atoms with Crippen LogP contribution in [0.2, 0.25) is 0 Å². The van der Waals surface area contributed by atoms with Crippen LogP contribution in [0.5, 0.6) is 11.5 Å². The van der Waals surface area contributed by atoms with Gasteiger partial charge >= 0.3 is 0 Å². The maximum atomic E-state index is 12.3. The van der Waals surface area contributed by atoms with E-state index in [1.165, 1.54) is 0 Å². The molecule has 2 atom stereocenters. The predicted octanol–water partition coefficient (Wildman–Crippen LogP) is 0.652. The van der Waals surface area contributed by atoms with E-state index < -0.39 is 17.8 Å². The van der Waals surface area contributed by atoms with Crippen molar-refractivity contribution in [1.29, 1.82) is 0 Å². The van der Waals surface area contributed by atoms with Crippen LogP contribution in [-0.4, -0.2) is 26.1 Å². The van der Waals surface area contributed by atoms with E-state index in [1.54, 1.807) is 32.4 Å². The summed E-state index contributed by atoms with van der Waals surface area (Å²) in [6.45, 7) is 0.291. The standard InChI is InChI=1S/C17H21NO5/c1-22-14-8-7-11(9-15(14)23-2)10-18-16(19)12-5-3-4-6-13(12)17(20)21/h3-4,7-9,12-13H,5-6,10H2,1-2H3,(H,18,19)(H,20,21)/p-1/t12-,13+/m0/s1. The summed E-state index contributed by atoms with van der Waals surface area (Å²) in [6.07, 6.45) is 4.35. The minimum atomic E-state index is -1.18.